The number of morpholine rings is 1. The SMILES string of the molecule is CCOCC(=O)N1C[C@@H]2[C@H](CO)[C@H]3CN(C(=O)Cc4ccc5c(c4)CCO5)C[C@]2(C1)O3. The number of amides is 2. The summed E-state index contributed by atoms with van der Waals surface area (Å²) >= 11 is 0. The predicted molar refractivity (Wildman–Crippen MR) is 111 cm³/mol. The van der Waals surface area contributed by atoms with Crippen LogP contribution in [0.3, 0.4) is 0 Å². The average Bonchev–Trinajstić information content (AvgIpc) is 3.41. The maximum atomic E-state index is 13.2. The van der Waals surface area contributed by atoms with Gasteiger partial charge >= 0.3 is 0 Å². The first kappa shape index (κ1) is 20.7. The van der Waals surface area contributed by atoms with Crippen LogP contribution in [0.2, 0.25) is 0 Å². The fraction of sp³-hybridized carbons (Fsp3) is 0.652. The Morgan fingerprint density at radius 3 is 2.81 bits per heavy atom. The van der Waals surface area contributed by atoms with Crippen molar-refractivity contribution in [2.45, 2.75) is 31.5 Å². The normalized spacial score (nSPS) is 30.8. The number of carbonyl (C=O) groups excluding carboxylic acids is 2. The molecule has 3 saturated heterocycles. The highest BCUT2D eigenvalue weighted by Gasteiger charge is 2.63. The minimum absolute atomic E-state index is 0.00255. The molecule has 4 aliphatic rings. The molecule has 168 valence electrons. The number of carbonyl (C=O) groups is 2. The molecule has 4 heterocycles. The van der Waals surface area contributed by atoms with Crippen LogP contribution in [0.4, 0.5) is 0 Å². The van der Waals surface area contributed by atoms with Crippen molar-refractivity contribution in [2.75, 3.05) is 52.6 Å². The topological polar surface area (TPSA) is 88.5 Å². The van der Waals surface area contributed by atoms with Gasteiger partial charge in [-0.25, -0.2) is 0 Å². The first-order chi connectivity index (χ1) is 15.0. The van der Waals surface area contributed by atoms with Gasteiger partial charge in [-0.15, -0.1) is 0 Å². The van der Waals surface area contributed by atoms with Crippen molar-refractivity contribution in [1.29, 1.82) is 0 Å². The van der Waals surface area contributed by atoms with E-state index < -0.39 is 5.60 Å². The monoisotopic (exact) mass is 430 g/mol. The van der Waals surface area contributed by atoms with Crippen LogP contribution in [0.1, 0.15) is 18.1 Å². The van der Waals surface area contributed by atoms with E-state index in [1.807, 2.05) is 24.0 Å². The number of benzene rings is 1. The van der Waals surface area contributed by atoms with Gasteiger partial charge in [-0.2, -0.15) is 0 Å². The van der Waals surface area contributed by atoms with E-state index in [-0.39, 0.29) is 43.0 Å². The molecule has 4 atom stereocenters. The number of likely N-dealkylation sites (tertiary alicyclic amines) is 2. The Labute approximate surface area is 182 Å². The van der Waals surface area contributed by atoms with Crippen LogP contribution in [-0.2, 0) is 31.9 Å². The standard InChI is InChI=1S/C23H30N2O6/c1-2-29-12-22(28)24-9-18-17(11-26)20-10-25(14-23(18,13-24)31-20)21(27)8-15-3-4-19-16(7-15)5-6-30-19/h3-4,7,17-18,20,26H,2,5-6,8-14H2,1H3/t17-,18+,20+,23-/m0/s1. The summed E-state index contributed by atoms with van der Waals surface area (Å²) in [4.78, 5) is 29.4. The summed E-state index contributed by atoms with van der Waals surface area (Å²) < 4.78 is 17.2. The van der Waals surface area contributed by atoms with Gasteiger partial charge in [-0.1, -0.05) is 12.1 Å². The van der Waals surface area contributed by atoms with Gasteiger partial charge in [0.1, 0.15) is 18.0 Å². The summed E-state index contributed by atoms with van der Waals surface area (Å²) in [5.74, 6) is 0.869. The Kier molecular flexibility index (Phi) is 5.40. The minimum atomic E-state index is -0.598. The van der Waals surface area contributed by atoms with E-state index in [0.29, 0.717) is 45.8 Å². The van der Waals surface area contributed by atoms with Gasteiger partial charge in [-0.05, 0) is 24.1 Å². The van der Waals surface area contributed by atoms with E-state index in [2.05, 4.69) is 6.07 Å². The molecule has 1 N–H and O–H groups in total. The lowest BCUT2D eigenvalue weighted by atomic mass is 9.83. The molecule has 1 aromatic rings. The molecule has 4 aliphatic heterocycles. The van der Waals surface area contributed by atoms with Crippen LogP contribution in [-0.4, -0.2) is 91.0 Å². The van der Waals surface area contributed by atoms with Crippen LogP contribution in [0.5, 0.6) is 5.75 Å². The molecule has 8 nitrogen and oxygen atoms in total. The maximum absolute atomic E-state index is 13.2. The fourth-order valence-corrected chi connectivity index (χ4v) is 5.73. The van der Waals surface area contributed by atoms with E-state index in [1.165, 1.54) is 0 Å². The van der Waals surface area contributed by atoms with Crippen molar-refractivity contribution in [3.05, 3.63) is 29.3 Å². The smallest absolute Gasteiger partial charge is 0.248 e. The molecule has 8 heteroatoms. The van der Waals surface area contributed by atoms with Gasteiger partial charge in [0, 0.05) is 44.6 Å². The number of ether oxygens (including phenoxy) is 3. The van der Waals surface area contributed by atoms with Crippen LogP contribution in [0, 0.1) is 11.8 Å². The van der Waals surface area contributed by atoms with Crippen molar-refractivity contribution >= 4 is 11.8 Å². The van der Waals surface area contributed by atoms with Crippen molar-refractivity contribution < 1.29 is 28.9 Å². The zero-order valence-electron chi connectivity index (χ0n) is 17.9. The second-order valence-electron chi connectivity index (χ2n) is 9.08. The summed E-state index contributed by atoms with van der Waals surface area (Å²) in [7, 11) is 0. The first-order valence-electron chi connectivity index (χ1n) is 11.2. The predicted octanol–water partition coefficient (Wildman–Crippen LogP) is 0.247. The third-order valence-corrected chi connectivity index (χ3v) is 7.25. The van der Waals surface area contributed by atoms with Gasteiger partial charge in [0.25, 0.3) is 0 Å². The first-order valence-corrected chi connectivity index (χ1v) is 11.2. The van der Waals surface area contributed by atoms with E-state index >= 15 is 0 Å². The lowest BCUT2D eigenvalue weighted by Crippen LogP contribution is -2.56. The quantitative estimate of drug-likeness (QED) is 0.696. The van der Waals surface area contributed by atoms with Crippen molar-refractivity contribution in [1.82, 2.24) is 9.80 Å². The number of nitrogens with zero attached hydrogens (tertiary/aromatic N) is 2. The largest absolute Gasteiger partial charge is 0.493 e. The zero-order valence-corrected chi connectivity index (χ0v) is 17.9. The van der Waals surface area contributed by atoms with E-state index in [9.17, 15) is 14.7 Å². The van der Waals surface area contributed by atoms with Gasteiger partial charge in [0.05, 0.1) is 32.2 Å². The van der Waals surface area contributed by atoms with E-state index in [1.54, 1.807) is 4.90 Å². The number of aliphatic hydroxyl groups excluding tert-OH is 1. The lowest BCUT2D eigenvalue weighted by Gasteiger charge is -2.40. The lowest BCUT2D eigenvalue weighted by molar-refractivity contribution is -0.155. The molecule has 1 spiro atoms. The van der Waals surface area contributed by atoms with Gasteiger partial charge in [0.2, 0.25) is 11.8 Å². The number of fused-ring (bicyclic) bond motifs is 2. The van der Waals surface area contributed by atoms with Gasteiger partial charge in [0.15, 0.2) is 0 Å². The molecule has 0 saturated carbocycles. The molecule has 0 radical (unpaired) electrons. The third kappa shape index (κ3) is 3.60. The summed E-state index contributed by atoms with van der Waals surface area (Å²) in [5.41, 5.74) is 1.55. The van der Waals surface area contributed by atoms with Crippen molar-refractivity contribution in [2.24, 2.45) is 11.8 Å². The molecular weight excluding hydrogens is 400 g/mol. The zero-order chi connectivity index (χ0) is 21.6. The summed E-state index contributed by atoms with van der Waals surface area (Å²) in [6.45, 7) is 5.02. The third-order valence-electron chi connectivity index (χ3n) is 7.25. The molecule has 0 aliphatic carbocycles. The highest BCUT2D eigenvalue weighted by molar-refractivity contribution is 5.80. The maximum Gasteiger partial charge on any atom is 0.248 e. The van der Waals surface area contributed by atoms with Gasteiger partial charge in [-0.3, -0.25) is 9.59 Å². The Hall–Kier alpha value is -2.16. The fourth-order valence-electron chi connectivity index (χ4n) is 5.73. The molecule has 1 aromatic carbocycles. The molecule has 0 aromatic heterocycles. The molecule has 0 unspecified atom stereocenters. The minimum Gasteiger partial charge on any atom is -0.493 e. The number of aliphatic hydroxyl groups is 1. The number of hydrogen-bond donors (Lipinski definition) is 1. The van der Waals surface area contributed by atoms with Crippen LogP contribution < -0.4 is 4.74 Å². The Morgan fingerprint density at radius 2 is 2.03 bits per heavy atom. The molecular formula is C23H30N2O6. The molecule has 2 amide bonds. The second kappa shape index (κ2) is 8.07. The summed E-state index contributed by atoms with van der Waals surface area (Å²) in [6.07, 6.45) is 1.02. The number of rotatable bonds is 6. The summed E-state index contributed by atoms with van der Waals surface area (Å²) in [5, 5.41) is 10.0. The molecule has 2 bridgehead atoms. The average molecular weight is 431 g/mol. The number of hydrogen-bond acceptors (Lipinski definition) is 6. The van der Waals surface area contributed by atoms with Crippen LogP contribution in [0.25, 0.3) is 0 Å². The molecule has 31 heavy (non-hydrogen) atoms. The molecule has 3 fully saturated rings. The van der Waals surface area contributed by atoms with E-state index in [0.717, 1.165) is 23.3 Å². The Bertz CT molecular complexity index is 876. The Morgan fingerprint density at radius 1 is 1.23 bits per heavy atom. The van der Waals surface area contributed by atoms with Gasteiger partial charge < -0.3 is 29.1 Å². The van der Waals surface area contributed by atoms with Crippen LogP contribution in [0.15, 0.2) is 18.2 Å². The van der Waals surface area contributed by atoms with Crippen molar-refractivity contribution in [3.8, 4) is 5.75 Å². The molecule has 5 rings (SSSR count). The highest BCUT2D eigenvalue weighted by Crippen LogP contribution is 2.49. The van der Waals surface area contributed by atoms with Crippen LogP contribution >= 0.6 is 0 Å². The van der Waals surface area contributed by atoms with E-state index in [4.69, 9.17) is 14.2 Å². The van der Waals surface area contributed by atoms with Crippen molar-refractivity contribution in [3.63, 3.8) is 0 Å². The summed E-state index contributed by atoms with van der Waals surface area (Å²) in [6, 6.07) is 5.97. The second-order valence-corrected chi connectivity index (χ2v) is 9.08. The Balaban J connectivity index is 1.30. The highest BCUT2D eigenvalue weighted by atomic mass is 16.5.